The minimum atomic E-state index is -0.218. The summed E-state index contributed by atoms with van der Waals surface area (Å²) in [5.74, 6) is 4.54. The van der Waals surface area contributed by atoms with E-state index in [-0.39, 0.29) is 17.7 Å². The van der Waals surface area contributed by atoms with E-state index < -0.39 is 0 Å². The topological polar surface area (TPSA) is 84.2 Å². The standard InChI is InChI=1S/C9H15N3O2/c1-2-6(5-11-10)7-3-4-8(13)12-9(7)14/h5,7,11H,2-4,10H2,1H3,(H,12,13,14)/b6-5+. The van der Waals surface area contributed by atoms with Gasteiger partial charge in [0, 0.05) is 12.6 Å². The number of carbonyl (C=O) groups excluding carboxylic acids is 2. The average Bonchev–Trinajstić information content (AvgIpc) is 2.15. The molecule has 1 aliphatic heterocycles. The van der Waals surface area contributed by atoms with E-state index in [9.17, 15) is 9.59 Å². The number of hydrogen-bond donors (Lipinski definition) is 3. The van der Waals surface area contributed by atoms with Crippen molar-refractivity contribution in [2.45, 2.75) is 26.2 Å². The fraction of sp³-hybridized carbons (Fsp3) is 0.556. The van der Waals surface area contributed by atoms with Crippen molar-refractivity contribution in [2.24, 2.45) is 11.8 Å². The SMILES string of the molecule is CC/C(=C\NN)C1CCC(=O)NC1=O. The molecule has 14 heavy (non-hydrogen) atoms. The molecule has 1 saturated heterocycles. The van der Waals surface area contributed by atoms with Crippen LogP contribution in [0.25, 0.3) is 0 Å². The molecular weight excluding hydrogens is 182 g/mol. The molecule has 0 radical (unpaired) electrons. The fourth-order valence-electron chi connectivity index (χ4n) is 1.60. The third-order valence-electron chi connectivity index (χ3n) is 2.36. The highest BCUT2D eigenvalue weighted by atomic mass is 16.2. The summed E-state index contributed by atoms with van der Waals surface area (Å²) in [6, 6.07) is 0. The Bertz CT molecular complexity index is 273. The van der Waals surface area contributed by atoms with Crippen molar-refractivity contribution in [3.63, 3.8) is 0 Å². The van der Waals surface area contributed by atoms with Gasteiger partial charge in [0.2, 0.25) is 11.8 Å². The second-order valence-electron chi connectivity index (χ2n) is 3.24. The summed E-state index contributed by atoms with van der Waals surface area (Å²) in [5, 5.41) is 2.32. The Hall–Kier alpha value is -1.36. The van der Waals surface area contributed by atoms with E-state index in [0.717, 1.165) is 12.0 Å². The third-order valence-corrected chi connectivity index (χ3v) is 2.36. The summed E-state index contributed by atoms with van der Waals surface area (Å²) in [5.41, 5.74) is 3.35. The third kappa shape index (κ3) is 2.32. The van der Waals surface area contributed by atoms with Gasteiger partial charge in [0.1, 0.15) is 0 Å². The first-order chi connectivity index (χ1) is 6.69. The lowest BCUT2D eigenvalue weighted by molar-refractivity contribution is -0.135. The molecule has 1 atom stereocenters. The molecule has 1 heterocycles. The number of amides is 2. The van der Waals surface area contributed by atoms with Gasteiger partial charge in [-0.05, 0) is 18.4 Å². The van der Waals surface area contributed by atoms with Crippen molar-refractivity contribution in [2.75, 3.05) is 0 Å². The molecule has 0 aliphatic carbocycles. The zero-order chi connectivity index (χ0) is 10.6. The van der Waals surface area contributed by atoms with Crippen molar-refractivity contribution in [1.29, 1.82) is 0 Å². The van der Waals surface area contributed by atoms with Crippen molar-refractivity contribution >= 4 is 11.8 Å². The first-order valence-electron chi connectivity index (χ1n) is 4.67. The number of rotatable bonds is 3. The van der Waals surface area contributed by atoms with Gasteiger partial charge < -0.3 is 5.43 Å². The molecule has 0 bridgehead atoms. The predicted molar refractivity (Wildman–Crippen MR) is 51.6 cm³/mol. The van der Waals surface area contributed by atoms with E-state index in [1.165, 1.54) is 0 Å². The molecule has 1 rings (SSSR count). The maximum Gasteiger partial charge on any atom is 0.233 e. The van der Waals surface area contributed by atoms with Gasteiger partial charge in [-0.15, -0.1) is 0 Å². The Morgan fingerprint density at radius 2 is 2.43 bits per heavy atom. The zero-order valence-electron chi connectivity index (χ0n) is 8.17. The molecule has 0 aromatic heterocycles. The van der Waals surface area contributed by atoms with Crippen molar-refractivity contribution in [1.82, 2.24) is 10.7 Å². The van der Waals surface area contributed by atoms with Gasteiger partial charge >= 0.3 is 0 Å². The predicted octanol–water partition coefficient (Wildman–Crippen LogP) is -0.204. The van der Waals surface area contributed by atoms with Gasteiger partial charge in [-0.1, -0.05) is 6.92 Å². The second kappa shape index (κ2) is 4.76. The summed E-state index contributed by atoms with van der Waals surface area (Å²) in [7, 11) is 0. The molecule has 1 aliphatic rings. The van der Waals surface area contributed by atoms with Gasteiger partial charge in [-0.3, -0.25) is 20.7 Å². The number of hydrazine groups is 1. The average molecular weight is 197 g/mol. The largest absolute Gasteiger partial charge is 0.331 e. The number of carbonyl (C=O) groups is 2. The lowest BCUT2D eigenvalue weighted by Gasteiger charge is -2.22. The van der Waals surface area contributed by atoms with Gasteiger partial charge in [0.25, 0.3) is 0 Å². The molecular formula is C9H15N3O2. The van der Waals surface area contributed by atoms with Crippen LogP contribution in [0.2, 0.25) is 0 Å². The van der Waals surface area contributed by atoms with E-state index >= 15 is 0 Å². The van der Waals surface area contributed by atoms with Crippen LogP contribution >= 0.6 is 0 Å². The van der Waals surface area contributed by atoms with Crippen LogP contribution in [0.1, 0.15) is 26.2 Å². The van der Waals surface area contributed by atoms with Crippen molar-refractivity contribution in [3.05, 3.63) is 11.8 Å². The number of hydrogen-bond acceptors (Lipinski definition) is 4. The van der Waals surface area contributed by atoms with Crippen LogP contribution in [0.5, 0.6) is 0 Å². The molecule has 0 saturated carbocycles. The highest BCUT2D eigenvalue weighted by Crippen LogP contribution is 2.22. The number of imide groups is 1. The molecule has 5 heteroatoms. The number of piperidine rings is 1. The lowest BCUT2D eigenvalue weighted by atomic mass is 9.89. The Kier molecular flexibility index (Phi) is 3.64. The van der Waals surface area contributed by atoms with Crippen molar-refractivity contribution in [3.8, 4) is 0 Å². The Morgan fingerprint density at radius 3 is 2.93 bits per heavy atom. The monoisotopic (exact) mass is 197 g/mol. The Balaban J connectivity index is 2.72. The number of nitrogens with one attached hydrogen (secondary N) is 2. The van der Waals surface area contributed by atoms with E-state index in [0.29, 0.717) is 12.8 Å². The molecule has 5 nitrogen and oxygen atoms in total. The first kappa shape index (κ1) is 10.7. The van der Waals surface area contributed by atoms with Crippen LogP contribution < -0.4 is 16.6 Å². The molecule has 2 amide bonds. The lowest BCUT2D eigenvalue weighted by Crippen LogP contribution is -2.41. The quantitative estimate of drug-likeness (QED) is 0.332. The maximum atomic E-state index is 11.4. The molecule has 1 unspecified atom stereocenters. The van der Waals surface area contributed by atoms with E-state index in [2.05, 4.69) is 10.7 Å². The first-order valence-corrected chi connectivity index (χ1v) is 4.67. The van der Waals surface area contributed by atoms with Gasteiger partial charge in [-0.25, -0.2) is 0 Å². The van der Waals surface area contributed by atoms with Crippen LogP contribution in [-0.4, -0.2) is 11.8 Å². The summed E-state index contributed by atoms with van der Waals surface area (Å²) in [6.07, 6.45) is 3.35. The summed E-state index contributed by atoms with van der Waals surface area (Å²) in [6.45, 7) is 1.95. The molecule has 78 valence electrons. The Labute approximate surface area is 82.7 Å². The van der Waals surface area contributed by atoms with E-state index in [1.54, 1.807) is 6.20 Å². The Morgan fingerprint density at radius 1 is 1.71 bits per heavy atom. The highest BCUT2D eigenvalue weighted by Gasteiger charge is 2.28. The van der Waals surface area contributed by atoms with Gasteiger partial charge in [0.05, 0.1) is 5.92 Å². The highest BCUT2D eigenvalue weighted by molar-refractivity contribution is 5.99. The molecule has 0 aromatic rings. The smallest absolute Gasteiger partial charge is 0.233 e. The molecule has 0 spiro atoms. The van der Waals surface area contributed by atoms with Crippen LogP contribution in [-0.2, 0) is 9.59 Å². The van der Waals surface area contributed by atoms with Gasteiger partial charge in [-0.2, -0.15) is 0 Å². The number of nitrogens with two attached hydrogens (primary N) is 1. The minimum Gasteiger partial charge on any atom is -0.331 e. The maximum absolute atomic E-state index is 11.4. The minimum absolute atomic E-state index is 0.192. The van der Waals surface area contributed by atoms with Crippen molar-refractivity contribution < 1.29 is 9.59 Å². The summed E-state index contributed by atoms with van der Waals surface area (Å²) in [4.78, 5) is 22.3. The van der Waals surface area contributed by atoms with Crippen LogP contribution in [0.4, 0.5) is 0 Å². The molecule has 4 N–H and O–H groups in total. The van der Waals surface area contributed by atoms with Crippen LogP contribution in [0, 0.1) is 5.92 Å². The van der Waals surface area contributed by atoms with E-state index in [4.69, 9.17) is 5.84 Å². The molecule has 0 aromatic carbocycles. The second-order valence-corrected chi connectivity index (χ2v) is 3.24. The molecule has 1 fully saturated rings. The van der Waals surface area contributed by atoms with Gasteiger partial charge in [0.15, 0.2) is 0 Å². The zero-order valence-corrected chi connectivity index (χ0v) is 8.17. The van der Waals surface area contributed by atoms with E-state index in [1.807, 2.05) is 6.92 Å². The fourth-order valence-corrected chi connectivity index (χ4v) is 1.60. The summed E-state index contributed by atoms with van der Waals surface area (Å²) >= 11 is 0. The van der Waals surface area contributed by atoms with Crippen LogP contribution in [0.15, 0.2) is 11.8 Å². The normalized spacial score (nSPS) is 23.3. The van der Waals surface area contributed by atoms with Crippen LogP contribution in [0.3, 0.4) is 0 Å². The summed E-state index contributed by atoms with van der Waals surface area (Å²) < 4.78 is 0.